The van der Waals surface area contributed by atoms with Crippen LogP contribution >= 0.6 is 22.6 Å². The summed E-state index contributed by atoms with van der Waals surface area (Å²) in [7, 11) is 0. The Labute approximate surface area is 79.9 Å². The van der Waals surface area contributed by atoms with Crippen molar-refractivity contribution in [2.75, 3.05) is 0 Å². The van der Waals surface area contributed by atoms with Crippen molar-refractivity contribution in [2.24, 2.45) is 4.99 Å². The molecule has 0 spiro atoms. The highest BCUT2D eigenvalue weighted by atomic mass is 127. The molecule has 0 saturated carbocycles. The lowest BCUT2D eigenvalue weighted by molar-refractivity contribution is 1.18. The van der Waals surface area contributed by atoms with Crippen LogP contribution in [0, 0.1) is 5.41 Å². The Kier molecular flexibility index (Phi) is 7.02. The van der Waals surface area contributed by atoms with E-state index in [4.69, 9.17) is 5.41 Å². The van der Waals surface area contributed by atoms with E-state index < -0.39 is 0 Å². The maximum atomic E-state index is 6.98. The van der Waals surface area contributed by atoms with Crippen LogP contribution in [0.4, 0.5) is 0 Å². The molecule has 11 heavy (non-hydrogen) atoms. The summed E-state index contributed by atoms with van der Waals surface area (Å²) in [4.78, 5) is 3.81. The van der Waals surface area contributed by atoms with Crippen LogP contribution in [0.5, 0.6) is 0 Å². The van der Waals surface area contributed by atoms with E-state index in [0.717, 1.165) is 0 Å². The molecule has 0 bridgehead atoms. The van der Waals surface area contributed by atoms with E-state index >= 15 is 0 Å². The van der Waals surface area contributed by atoms with Gasteiger partial charge in [0.2, 0.25) is 0 Å². The molecule has 0 amide bonds. The summed E-state index contributed by atoms with van der Waals surface area (Å²) >= 11 is 1.88. The molecule has 0 fully saturated rings. The summed E-state index contributed by atoms with van der Waals surface area (Å²) in [5.74, 6) is 0. The van der Waals surface area contributed by atoms with E-state index in [9.17, 15) is 0 Å². The van der Waals surface area contributed by atoms with Gasteiger partial charge in [-0.15, -0.1) is 0 Å². The zero-order valence-corrected chi connectivity index (χ0v) is 8.37. The Morgan fingerprint density at radius 2 is 2.27 bits per heavy atom. The van der Waals surface area contributed by atoms with Crippen molar-refractivity contribution in [1.29, 1.82) is 5.41 Å². The van der Waals surface area contributed by atoms with Crippen LogP contribution in [0.3, 0.4) is 0 Å². The van der Waals surface area contributed by atoms with Crippen LogP contribution in [-0.2, 0) is 0 Å². The lowest BCUT2D eigenvalue weighted by Gasteiger charge is -1.83. The molecule has 0 aliphatic carbocycles. The van der Waals surface area contributed by atoms with Gasteiger partial charge in [-0.2, -0.15) is 0 Å². The van der Waals surface area contributed by atoms with E-state index in [-0.39, 0.29) is 0 Å². The fourth-order valence-electron chi connectivity index (χ4n) is 0.346. The monoisotopic (exact) mass is 263 g/mol. The molecule has 0 aliphatic heterocycles. The van der Waals surface area contributed by atoms with Gasteiger partial charge in [0.1, 0.15) is 3.72 Å². The van der Waals surface area contributed by atoms with Gasteiger partial charge in [0, 0.05) is 12.4 Å². The molecule has 0 aromatic rings. The normalized spacial score (nSPS) is 11.8. The first-order valence-electron chi connectivity index (χ1n) is 3.07. The Morgan fingerprint density at radius 3 is 2.82 bits per heavy atom. The summed E-state index contributed by atoms with van der Waals surface area (Å²) in [6, 6.07) is 0. The lowest BCUT2D eigenvalue weighted by Crippen LogP contribution is -1.89. The molecule has 0 rings (SSSR count). The molecule has 0 unspecified atom stereocenters. The third kappa shape index (κ3) is 9.35. The molecule has 0 atom stereocenters. The van der Waals surface area contributed by atoms with E-state index in [1.165, 1.54) is 6.21 Å². The molecular formula is C7H10IN3. The van der Waals surface area contributed by atoms with Gasteiger partial charge < -0.3 is 5.32 Å². The largest absolute Gasteiger partial charge is 0.367 e. The van der Waals surface area contributed by atoms with Gasteiger partial charge in [0.05, 0.1) is 6.21 Å². The van der Waals surface area contributed by atoms with Crippen molar-refractivity contribution in [3.05, 3.63) is 24.7 Å². The highest BCUT2D eigenvalue weighted by Gasteiger charge is 1.74. The number of rotatable bonds is 4. The van der Waals surface area contributed by atoms with Gasteiger partial charge in [0.15, 0.2) is 0 Å². The molecule has 0 aromatic carbocycles. The zero-order chi connectivity index (χ0) is 8.53. The average Bonchev–Trinajstić information content (AvgIpc) is 1.96. The van der Waals surface area contributed by atoms with Crippen LogP contribution in [0.25, 0.3) is 0 Å². The molecule has 0 heterocycles. The van der Waals surface area contributed by atoms with Gasteiger partial charge in [0.25, 0.3) is 0 Å². The minimum Gasteiger partial charge on any atom is -0.367 e. The first-order chi connectivity index (χ1) is 5.27. The van der Waals surface area contributed by atoms with Gasteiger partial charge in [-0.1, -0.05) is 6.08 Å². The predicted octanol–water partition coefficient (Wildman–Crippen LogP) is 2.06. The Morgan fingerprint density at radius 1 is 1.55 bits per heavy atom. The number of hydrogen-bond acceptors (Lipinski definition) is 3. The van der Waals surface area contributed by atoms with Crippen molar-refractivity contribution in [1.82, 2.24) is 5.32 Å². The lowest BCUT2D eigenvalue weighted by atomic mass is 10.7. The first-order valence-corrected chi connectivity index (χ1v) is 4.14. The molecule has 4 heteroatoms. The molecule has 3 nitrogen and oxygen atoms in total. The van der Waals surface area contributed by atoms with E-state index in [0.29, 0.717) is 3.72 Å². The summed E-state index contributed by atoms with van der Waals surface area (Å²) in [5, 5.41) is 9.84. The number of aliphatic imine (C=N–C) groups is 1. The van der Waals surface area contributed by atoms with Crippen molar-refractivity contribution in [3.8, 4) is 0 Å². The van der Waals surface area contributed by atoms with Crippen LogP contribution < -0.4 is 5.32 Å². The van der Waals surface area contributed by atoms with Gasteiger partial charge in [-0.05, 0) is 35.7 Å². The summed E-state index contributed by atoms with van der Waals surface area (Å²) in [6.45, 7) is 1.92. The van der Waals surface area contributed by atoms with Crippen LogP contribution in [0.1, 0.15) is 6.92 Å². The van der Waals surface area contributed by atoms with Gasteiger partial charge >= 0.3 is 0 Å². The third-order valence-corrected chi connectivity index (χ3v) is 0.986. The van der Waals surface area contributed by atoms with Gasteiger partial charge in [-0.25, -0.2) is 0 Å². The number of hydrogen-bond donors (Lipinski definition) is 2. The Hall–Kier alpha value is -0.650. The zero-order valence-electron chi connectivity index (χ0n) is 6.21. The van der Waals surface area contributed by atoms with E-state index in [2.05, 4.69) is 10.3 Å². The number of halogens is 1. The second-order valence-electron chi connectivity index (χ2n) is 1.61. The maximum absolute atomic E-state index is 6.98. The topological polar surface area (TPSA) is 48.2 Å². The maximum Gasteiger partial charge on any atom is 0.110 e. The van der Waals surface area contributed by atoms with E-state index in [1.807, 2.05) is 35.6 Å². The fourth-order valence-corrected chi connectivity index (χ4v) is 0.507. The number of nitrogens with one attached hydrogen (secondary N) is 2. The molecule has 0 saturated heterocycles. The first kappa shape index (κ1) is 10.3. The predicted molar refractivity (Wildman–Crippen MR) is 57.3 cm³/mol. The van der Waals surface area contributed by atoms with Crippen molar-refractivity contribution in [3.63, 3.8) is 0 Å². The molecule has 0 radical (unpaired) electrons. The Balaban J connectivity index is 3.52. The molecule has 0 aromatic heterocycles. The molecular weight excluding hydrogens is 253 g/mol. The van der Waals surface area contributed by atoms with Crippen LogP contribution in [0.2, 0.25) is 0 Å². The summed E-state index contributed by atoms with van der Waals surface area (Å²) < 4.78 is 0.415. The van der Waals surface area contributed by atoms with Crippen molar-refractivity contribution in [2.45, 2.75) is 6.92 Å². The second-order valence-corrected chi connectivity index (χ2v) is 2.77. The number of nitrogens with zero attached hydrogens (tertiary/aromatic N) is 1. The van der Waals surface area contributed by atoms with Gasteiger partial charge in [-0.3, -0.25) is 10.4 Å². The minimum atomic E-state index is 0.415. The van der Waals surface area contributed by atoms with Crippen LogP contribution in [-0.4, -0.2) is 9.93 Å². The second kappa shape index (κ2) is 7.46. The average molecular weight is 263 g/mol. The van der Waals surface area contributed by atoms with Crippen LogP contribution in [0.15, 0.2) is 29.7 Å². The minimum absolute atomic E-state index is 0.415. The summed E-state index contributed by atoms with van der Waals surface area (Å²) in [5.41, 5.74) is 0. The Bertz CT molecular complexity index is 194. The standard InChI is InChI=1S/C7H10IN3/c1-2-3-10-4-5-11-6-7(8)9/h2-6,9-10H,1H3/b3-2-,5-4-,9-7?,11-6-. The molecule has 0 aliphatic rings. The number of allylic oxidation sites excluding steroid dienone is 1. The summed E-state index contributed by atoms with van der Waals surface area (Å²) in [6.07, 6.45) is 8.42. The SMILES string of the molecule is C/C=C\N/C=C\N=C/C(=N)I. The van der Waals surface area contributed by atoms with Crippen molar-refractivity contribution < 1.29 is 0 Å². The molecule has 60 valence electrons. The fraction of sp³-hybridized carbons (Fsp3) is 0.143. The quantitative estimate of drug-likeness (QED) is 0.592. The molecule has 2 N–H and O–H groups in total. The highest BCUT2D eigenvalue weighted by molar-refractivity contribution is 14.1. The smallest absolute Gasteiger partial charge is 0.110 e. The third-order valence-electron chi connectivity index (χ3n) is 0.708. The van der Waals surface area contributed by atoms with Crippen molar-refractivity contribution >= 4 is 32.5 Å². The van der Waals surface area contributed by atoms with E-state index in [1.54, 1.807) is 18.6 Å². The highest BCUT2D eigenvalue weighted by Crippen LogP contribution is 1.81.